The number of fused-ring (bicyclic) bond motifs is 1. The minimum absolute atomic E-state index is 0.276. The highest BCUT2D eigenvalue weighted by molar-refractivity contribution is 9.10. The second-order valence-corrected chi connectivity index (χ2v) is 6.25. The monoisotopic (exact) mass is 351 g/mol. The van der Waals surface area contributed by atoms with E-state index in [-0.39, 0.29) is 5.95 Å². The highest BCUT2D eigenvalue weighted by Crippen LogP contribution is 2.31. The lowest BCUT2D eigenvalue weighted by atomic mass is 10.0. The number of anilines is 1. The van der Waals surface area contributed by atoms with Crippen molar-refractivity contribution in [2.24, 2.45) is 5.92 Å². The predicted octanol–water partition coefficient (Wildman–Crippen LogP) is 3.09. The molecule has 0 saturated carbocycles. The number of benzene rings is 1. The first-order chi connectivity index (χ1) is 10.1. The van der Waals surface area contributed by atoms with Crippen molar-refractivity contribution in [2.75, 3.05) is 25.6 Å². The molecule has 1 aromatic carbocycles. The quantitative estimate of drug-likeness (QED) is 0.919. The summed E-state index contributed by atoms with van der Waals surface area (Å²) in [6.45, 7) is 4.25. The van der Waals surface area contributed by atoms with Crippen molar-refractivity contribution in [3.63, 3.8) is 0 Å². The zero-order valence-electron chi connectivity index (χ0n) is 11.9. The van der Waals surface area contributed by atoms with Crippen LogP contribution in [0.3, 0.4) is 0 Å². The molecule has 0 unspecified atom stereocenters. The van der Waals surface area contributed by atoms with E-state index in [2.05, 4.69) is 25.9 Å². The molecule has 1 aromatic heterocycles. The summed E-state index contributed by atoms with van der Waals surface area (Å²) < 4.78 is 12.3. The number of hydrogen-bond donors (Lipinski definition) is 1. The highest BCUT2D eigenvalue weighted by atomic mass is 79.9. The molecule has 0 aliphatic carbocycles. The molecule has 0 bridgehead atoms. The number of nitrogen functional groups attached to an aromatic ring is 1. The zero-order valence-corrected chi connectivity index (χ0v) is 13.5. The van der Waals surface area contributed by atoms with Crippen molar-refractivity contribution in [3.05, 3.63) is 22.3 Å². The van der Waals surface area contributed by atoms with Crippen LogP contribution in [0, 0.1) is 12.8 Å². The van der Waals surface area contributed by atoms with Crippen LogP contribution in [-0.2, 0) is 4.74 Å². The summed E-state index contributed by atoms with van der Waals surface area (Å²) in [6, 6.07) is 3.93. The summed E-state index contributed by atoms with van der Waals surface area (Å²) in [5.41, 5.74) is 7.39. The molecule has 0 amide bonds. The standard InChI is InChI=1S/C15H18BrN3O2/c1-9-12-6-11(16)7-13(14(12)19-15(17)18-9)21-8-10-2-4-20-5-3-10/h6-7,10H,2-5,8H2,1H3,(H2,17,18,19). The van der Waals surface area contributed by atoms with Gasteiger partial charge in [0.2, 0.25) is 5.95 Å². The molecule has 3 rings (SSSR count). The van der Waals surface area contributed by atoms with Crippen molar-refractivity contribution in [1.29, 1.82) is 0 Å². The number of aromatic nitrogens is 2. The molecule has 1 aliphatic heterocycles. The average Bonchev–Trinajstić information content (AvgIpc) is 2.47. The van der Waals surface area contributed by atoms with Gasteiger partial charge in [0.15, 0.2) is 0 Å². The Morgan fingerprint density at radius 3 is 2.86 bits per heavy atom. The molecule has 1 fully saturated rings. The van der Waals surface area contributed by atoms with Crippen LogP contribution >= 0.6 is 15.9 Å². The first-order valence-corrected chi connectivity index (χ1v) is 7.86. The van der Waals surface area contributed by atoms with Gasteiger partial charge in [0, 0.05) is 23.1 Å². The molecule has 0 spiro atoms. The fourth-order valence-electron chi connectivity index (χ4n) is 2.57. The summed E-state index contributed by atoms with van der Waals surface area (Å²) >= 11 is 3.52. The second-order valence-electron chi connectivity index (χ2n) is 5.33. The van der Waals surface area contributed by atoms with E-state index in [4.69, 9.17) is 15.2 Å². The average molecular weight is 352 g/mol. The van der Waals surface area contributed by atoms with Gasteiger partial charge in [-0.3, -0.25) is 0 Å². The molecule has 1 saturated heterocycles. The van der Waals surface area contributed by atoms with Gasteiger partial charge in [-0.05, 0) is 37.8 Å². The van der Waals surface area contributed by atoms with E-state index in [1.165, 1.54) is 0 Å². The van der Waals surface area contributed by atoms with Crippen molar-refractivity contribution in [3.8, 4) is 5.75 Å². The van der Waals surface area contributed by atoms with E-state index in [1.807, 2.05) is 19.1 Å². The van der Waals surface area contributed by atoms with Gasteiger partial charge < -0.3 is 15.2 Å². The van der Waals surface area contributed by atoms with Crippen molar-refractivity contribution in [2.45, 2.75) is 19.8 Å². The van der Waals surface area contributed by atoms with Crippen molar-refractivity contribution in [1.82, 2.24) is 9.97 Å². The Hall–Kier alpha value is -1.40. The zero-order chi connectivity index (χ0) is 14.8. The van der Waals surface area contributed by atoms with Crippen LogP contribution in [0.2, 0.25) is 0 Å². The molecule has 0 radical (unpaired) electrons. The minimum Gasteiger partial charge on any atom is -0.491 e. The van der Waals surface area contributed by atoms with E-state index < -0.39 is 0 Å². The lowest BCUT2D eigenvalue weighted by molar-refractivity contribution is 0.0499. The smallest absolute Gasteiger partial charge is 0.220 e. The minimum atomic E-state index is 0.276. The molecule has 2 N–H and O–H groups in total. The van der Waals surface area contributed by atoms with Gasteiger partial charge >= 0.3 is 0 Å². The Bertz CT molecular complexity index is 657. The molecule has 2 heterocycles. The summed E-state index contributed by atoms with van der Waals surface area (Å²) in [5.74, 6) is 1.56. The number of aryl methyl sites for hydroxylation is 1. The predicted molar refractivity (Wildman–Crippen MR) is 85.4 cm³/mol. The van der Waals surface area contributed by atoms with E-state index in [0.29, 0.717) is 12.5 Å². The van der Waals surface area contributed by atoms with Crippen LogP contribution in [-0.4, -0.2) is 29.8 Å². The molecule has 5 nitrogen and oxygen atoms in total. The fourth-order valence-corrected chi connectivity index (χ4v) is 3.00. The number of nitrogens with zero attached hydrogens (tertiary/aromatic N) is 2. The van der Waals surface area contributed by atoms with Gasteiger partial charge in [0.25, 0.3) is 0 Å². The molecule has 21 heavy (non-hydrogen) atoms. The Labute approximate surface area is 132 Å². The van der Waals surface area contributed by atoms with Crippen LogP contribution in [0.4, 0.5) is 5.95 Å². The summed E-state index contributed by atoms with van der Waals surface area (Å²) in [7, 11) is 0. The summed E-state index contributed by atoms with van der Waals surface area (Å²) in [4.78, 5) is 8.55. The third-order valence-electron chi connectivity index (χ3n) is 3.75. The maximum Gasteiger partial charge on any atom is 0.220 e. The fraction of sp³-hybridized carbons (Fsp3) is 0.467. The molecular formula is C15H18BrN3O2. The Kier molecular flexibility index (Phi) is 4.26. The number of halogens is 1. The van der Waals surface area contributed by atoms with Gasteiger partial charge in [-0.2, -0.15) is 0 Å². The molecular weight excluding hydrogens is 334 g/mol. The lowest BCUT2D eigenvalue weighted by Gasteiger charge is -2.22. The summed E-state index contributed by atoms with van der Waals surface area (Å²) in [6.07, 6.45) is 2.09. The van der Waals surface area contributed by atoms with E-state index >= 15 is 0 Å². The highest BCUT2D eigenvalue weighted by Gasteiger charge is 2.16. The van der Waals surface area contributed by atoms with Crippen LogP contribution in [0.25, 0.3) is 10.9 Å². The Balaban J connectivity index is 1.89. The molecule has 6 heteroatoms. The largest absolute Gasteiger partial charge is 0.491 e. The van der Waals surface area contributed by atoms with Crippen LogP contribution in [0.15, 0.2) is 16.6 Å². The van der Waals surface area contributed by atoms with Gasteiger partial charge in [0.05, 0.1) is 12.3 Å². The maximum atomic E-state index is 6.02. The molecule has 112 valence electrons. The van der Waals surface area contributed by atoms with Gasteiger partial charge in [-0.1, -0.05) is 15.9 Å². The van der Waals surface area contributed by atoms with Crippen LogP contribution in [0.1, 0.15) is 18.5 Å². The second kappa shape index (κ2) is 6.15. The van der Waals surface area contributed by atoms with E-state index in [1.54, 1.807) is 0 Å². The van der Waals surface area contributed by atoms with Crippen LogP contribution < -0.4 is 10.5 Å². The number of ether oxygens (including phenoxy) is 2. The SMILES string of the molecule is Cc1nc(N)nc2c(OCC3CCOCC3)cc(Br)cc12. The number of rotatable bonds is 3. The number of nitrogens with two attached hydrogens (primary N) is 1. The molecule has 2 aromatic rings. The van der Waals surface area contributed by atoms with Crippen molar-refractivity contribution >= 4 is 32.8 Å². The third kappa shape index (κ3) is 3.27. The lowest BCUT2D eigenvalue weighted by Crippen LogP contribution is -2.21. The molecule has 0 atom stereocenters. The Morgan fingerprint density at radius 1 is 1.33 bits per heavy atom. The topological polar surface area (TPSA) is 70.3 Å². The summed E-state index contributed by atoms with van der Waals surface area (Å²) in [5, 5.41) is 0.959. The first kappa shape index (κ1) is 14.5. The third-order valence-corrected chi connectivity index (χ3v) is 4.21. The van der Waals surface area contributed by atoms with Gasteiger partial charge in [0.1, 0.15) is 11.3 Å². The normalized spacial score (nSPS) is 16.3. The van der Waals surface area contributed by atoms with Crippen LogP contribution in [0.5, 0.6) is 5.75 Å². The molecule has 1 aliphatic rings. The maximum absolute atomic E-state index is 6.02. The number of hydrogen-bond acceptors (Lipinski definition) is 5. The van der Waals surface area contributed by atoms with E-state index in [9.17, 15) is 0 Å². The van der Waals surface area contributed by atoms with Gasteiger partial charge in [-0.25, -0.2) is 9.97 Å². The Morgan fingerprint density at radius 2 is 2.10 bits per heavy atom. The van der Waals surface area contributed by atoms with Crippen molar-refractivity contribution < 1.29 is 9.47 Å². The van der Waals surface area contributed by atoms with Gasteiger partial charge in [-0.15, -0.1) is 0 Å². The first-order valence-electron chi connectivity index (χ1n) is 7.07. The van der Waals surface area contributed by atoms with E-state index in [0.717, 1.165) is 52.9 Å².